The standard InChI is InChI=1S/C12H21NO2S/c14-11(10-1-2-10)8-13-12(15)7-9-3-5-16-6-4-9/h9-11,14H,1-8H2,(H,13,15). The van der Waals surface area contributed by atoms with Crippen LogP contribution in [0.5, 0.6) is 0 Å². The summed E-state index contributed by atoms with van der Waals surface area (Å²) in [5.41, 5.74) is 0. The van der Waals surface area contributed by atoms with Gasteiger partial charge in [0.15, 0.2) is 0 Å². The first kappa shape index (κ1) is 12.2. The van der Waals surface area contributed by atoms with Gasteiger partial charge in [-0.2, -0.15) is 11.8 Å². The van der Waals surface area contributed by atoms with Crippen LogP contribution in [0.25, 0.3) is 0 Å². The van der Waals surface area contributed by atoms with Crippen molar-refractivity contribution < 1.29 is 9.90 Å². The number of carbonyl (C=O) groups is 1. The minimum absolute atomic E-state index is 0.122. The second-order valence-corrected chi connectivity index (χ2v) is 6.19. The van der Waals surface area contributed by atoms with Crippen LogP contribution in [0.15, 0.2) is 0 Å². The van der Waals surface area contributed by atoms with E-state index in [4.69, 9.17) is 0 Å². The number of rotatable bonds is 5. The molecular formula is C12H21NO2S. The number of thioether (sulfide) groups is 1. The topological polar surface area (TPSA) is 49.3 Å². The van der Waals surface area contributed by atoms with Crippen LogP contribution in [-0.4, -0.2) is 35.2 Å². The van der Waals surface area contributed by atoms with Gasteiger partial charge in [0.25, 0.3) is 0 Å². The molecule has 4 heteroatoms. The summed E-state index contributed by atoms with van der Waals surface area (Å²) in [7, 11) is 0. The molecule has 0 bridgehead atoms. The Bertz CT molecular complexity index is 237. The summed E-state index contributed by atoms with van der Waals surface area (Å²) in [6, 6.07) is 0. The second kappa shape index (κ2) is 5.92. The molecule has 92 valence electrons. The number of aliphatic hydroxyl groups is 1. The van der Waals surface area contributed by atoms with Crippen molar-refractivity contribution in [1.82, 2.24) is 5.32 Å². The largest absolute Gasteiger partial charge is 0.391 e. The SMILES string of the molecule is O=C(CC1CCSCC1)NCC(O)C1CC1. The Labute approximate surface area is 101 Å². The maximum absolute atomic E-state index is 11.6. The summed E-state index contributed by atoms with van der Waals surface area (Å²) < 4.78 is 0. The van der Waals surface area contributed by atoms with Gasteiger partial charge in [0.05, 0.1) is 6.10 Å². The van der Waals surface area contributed by atoms with Crippen LogP contribution in [0.1, 0.15) is 32.1 Å². The fraction of sp³-hybridized carbons (Fsp3) is 0.917. The molecule has 1 unspecified atom stereocenters. The maximum atomic E-state index is 11.6. The first-order chi connectivity index (χ1) is 7.75. The lowest BCUT2D eigenvalue weighted by Crippen LogP contribution is -2.34. The lowest BCUT2D eigenvalue weighted by Gasteiger charge is -2.21. The summed E-state index contributed by atoms with van der Waals surface area (Å²) >= 11 is 1.98. The molecule has 16 heavy (non-hydrogen) atoms. The van der Waals surface area contributed by atoms with Gasteiger partial charge in [-0.25, -0.2) is 0 Å². The summed E-state index contributed by atoms with van der Waals surface area (Å²) in [6.07, 6.45) is 4.92. The smallest absolute Gasteiger partial charge is 0.220 e. The van der Waals surface area contributed by atoms with E-state index in [1.54, 1.807) is 0 Å². The molecule has 2 fully saturated rings. The van der Waals surface area contributed by atoms with E-state index in [9.17, 15) is 9.90 Å². The van der Waals surface area contributed by atoms with Gasteiger partial charge in [-0.15, -0.1) is 0 Å². The van der Waals surface area contributed by atoms with Crippen molar-refractivity contribution in [3.8, 4) is 0 Å². The third kappa shape index (κ3) is 3.98. The van der Waals surface area contributed by atoms with Gasteiger partial charge in [0.1, 0.15) is 0 Å². The fourth-order valence-electron chi connectivity index (χ4n) is 2.15. The molecule has 0 aromatic rings. The highest BCUT2D eigenvalue weighted by Crippen LogP contribution is 2.32. The third-order valence-corrected chi connectivity index (χ3v) is 4.54. The highest BCUT2D eigenvalue weighted by Gasteiger charge is 2.29. The minimum atomic E-state index is -0.314. The van der Waals surface area contributed by atoms with Crippen LogP contribution in [0, 0.1) is 11.8 Å². The second-order valence-electron chi connectivity index (χ2n) is 4.97. The molecular weight excluding hydrogens is 222 g/mol. The van der Waals surface area contributed by atoms with Gasteiger partial charge in [-0.3, -0.25) is 4.79 Å². The van der Waals surface area contributed by atoms with E-state index in [1.165, 1.54) is 24.3 Å². The average molecular weight is 243 g/mol. The molecule has 1 saturated carbocycles. The molecule has 0 spiro atoms. The van der Waals surface area contributed by atoms with Gasteiger partial charge < -0.3 is 10.4 Å². The van der Waals surface area contributed by atoms with Crippen molar-refractivity contribution in [2.24, 2.45) is 11.8 Å². The van der Waals surface area contributed by atoms with E-state index in [2.05, 4.69) is 5.32 Å². The van der Waals surface area contributed by atoms with Crippen LogP contribution in [0.3, 0.4) is 0 Å². The zero-order valence-electron chi connectivity index (χ0n) is 9.65. The monoisotopic (exact) mass is 243 g/mol. The number of amides is 1. The molecule has 2 N–H and O–H groups in total. The molecule has 0 aromatic heterocycles. The van der Waals surface area contributed by atoms with Gasteiger partial charge in [-0.05, 0) is 49.0 Å². The molecule has 1 atom stereocenters. The van der Waals surface area contributed by atoms with Crippen molar-refractivity contribution in [1.29, 1.82) is 0 Å². The van der Waals surface area contributed by atoms with Gasteiger partial charge in [0.2, 0.25) is 5.91 Å². The fourth-order valence-corrected chi connectivity index (χ4v) is 3.36. The van der Waals surface area contributed by atoms with Crippen molar-refractivity contribution in [2.75, 3.05) is 18.1 Å². The van der Waals surface area contributed by atoms with Crippen LogP contribution in [-0.2, 0) is 4.79 Å². The predicted octanol–water partition coefficient (Wildman–Crippen LogP) is 1.41. The summed E-state index contributed by atoms with van der Waals surface area (Å²) in [5, 5.41) is 12.5. The van der Waals surface area contributed by atoms with E-state index in [1.807, 2.05) is 11.8 Å². The number of nitrogens with one attached hydrogen (secondary N) is 1. The van der Waals surface area contributed by atoms with Crippen LogP contribution >= 0.6 is 11.8 Å². The maximum Gasteiger partial charge on any atom is 0.220 e. The van der Waals surface area contributed by atoms with E-state index >= 15 is 0 Å². The normalized spacial score (nSPS) is 24.1. The molecule has 2 rings (SSSR count). The van der Waals surface area contributed by atoms with E-state index in [-0.39, 0.29) is 12.0 Å². The van der Waals surface area contributed by atoms with Gasteiger partial charge in [-0.1, -0.05) is 0 Å². The van der Waals surface area contributed by atoms with Crippen molar-refractivity contribution >= 4 is 17.7 Å². The highest BCUT2D eigenvalue weighted by molar-refractivity contribution is 7.99. The van der Waals surface area contributed by atoms with Crippen molar-refractivity contribution in [3.05, 3.63) is 0 Å². The summed E-state index contributed by atoms with van der Waals surface area (Å²) in [4.78, 5) is 11.6. The third-order valence-electron chi connectivity index (χ3n) is 3.49. The molecule has 0 radical (unpaired) electrons. The Hall–Kier alpha value is -0.220. The van der Waals surface area contributed by atoms with Crippen molar-refractivity contribution in [2.45, 2.75) is 38.2 Å². The average Bonchev–Trinajstić information content (AvgIpc) is 3.11. The Morgan fingerprint density at radius 3 is 2.62 bits per heavy atom. The Kier molecular flexibility index (Phi) is 4.53. The lowest BCUT2D eigenvalue weighted by molar-refractivity contribution is -0.122. The van der Waals surface area contributed by atoms with E-state index < -0.39 is 0 Å². The molecule has 1 amide bonds. The van der Waals surface area contributed by atoms with Crippen LogP contribution in [0.4, 0.5) is 0 Å². The quantitative estimate of drug-likeness (QED) is 0.767. The molecule has 1 aliphatic heterocycles. The highest BCUT2D eigenvalue weighted by atomic mass is 32.2. The van der Waals surface area contributed by atoms with E-state index in [0.717, 1.165) is 12.8 Å². The Morgan fingerprint density at radius 2 is 2.00 bits per heavy atom. The lowest BCUT2D eigenvalue weighted by atomic mass is 9.98. The number of carbonyl (C=O) groups excluding carboxylic acids is 1. The molecule has 0 aromatic carbocycles. The summed E-state index contributed by atoms with van der Waals surface area (Å²) in [6.45, 7) is 0.449. The predicted molar refractivity (Wildman–Crippen MR) is 66.4 cm³/mol. The minimum Gasteiger partial charge on any atom is -0.391 e. The number of aliphatic hydroxyl groups excluding tert-OH is 1. The van der Waals surface area contributed by atoms with Crippen LogP contribution in [0.2, 0.25) is 0 Å². The summed E-state index contributed by atoms with van der Waals surface area (Å²) in [5.74, 6) is 3.54. The molecule has 3 nitrogen and oxygen atoms in total. The first-order valence-electron chi connectivity index (χ1n) is 6.28. The molecule has 1 heterocycles. The zero-order valence-corrected chi connectivity index (χ0v) is 10.5. The van der Waals surface area contributed by atoms with Crippen molar-refractivity contribution in [3.63, 3.8) is 0 Å². The molecule has 1 saturated heterocycles. The van der Waals surface area contributed by atoms with Gasteiger partial charge in [0, 0.05) is 13.0 Å². The van der Waals surface area contributed by atoms with Crippen LogP contribution < -0.4 is 5.32 Å². The number of hydrogen-bond acceptors (Lipinski definition) is 3. The Balaban J connectivity index is 1.59. The first-order valence-corrected chi connectivity index (χ1v) is 7.43. The molecule has 1 aliphatic carbocycles. The Morgan fingerprint density at radius 1 is 1.31 bits per heavy atom. The van der Waals surface area contributed by atoms with E-state index in [0.29, 0.717) is 24.8 Å². The molecule has 2 aliphatic rings. The number of hydrogen-bond donors (Lipinski definition) is 2. The zero-order chi connectivity index (χ0) is 11.4. The van der Waals surface area contributed by atoms with Gasteiger partial charge >= 0.3 is 0 Å².